The van der Waals surface area contributed by atoms with Crippen molar-refractivity contribution < 1.29 is 23.4 Å². The number of nitrogens with one attached hydrogen (secondary N) is 2. The quantitative estimate of drug-likeness (QED) is 0.472. The summed E-state index contributed by atoms with van der Waals surface area (Å²) < 4.78 is 24.6. The van der Waals surface area contributed by atoms with Gasteiger partial charge in [-0.25, -0.2) is 22.9 Å². The number of aliphatic hydroxyl groups excluding tert-OH is 1. The van der Waals surface area contributed by atoms with Crippen molar-refractivity contribution in [3.8, 4) is 0 Å². The van der Waals surface area contributed by atoms with Crippen molar-refractivity contribution in [1.29, 1.82) is 0 Å². The SMILES string of the molecule is O=C(O)C(O)CNS(=O)(=O)c1cnc[nH]1. The highest BCUT2D eigenvalue weighted by molar-refractivity contribution is 7.89. The number of aliphatic hydroxyl groups is 1. The van der Waals surface area contributed by atoms with Crippen LogP contribution in [0.3, 0.4) is 0 Å². The number of nitrogens with zero attached hydrogens (tertiary/aromatic N) is 1. The predicted molar refractivity (Wildman–Crippen MR) is 47.4 cm³/mol. The molecule has 1 rings (SSSR count). The molecule has 0 aliphatic heterocycles. The van der Waals surface area contributed by atoms with E-state index in [0.29, 0.717) is 0 Å². The maximum absolute atomic E-state index is 11.3. The fourth-order valence-corrected chi connectivity index (χ4v) is 1.68. The molecule has 8 nitrogen and oxygen atoms in total. The predicted octanol–water partition coefficient (Wildman–Crippen LogP) is -1.87. The number of hydrogen-bond donors (Lipinski definition) is 4. The molecule has 84 valence electrons. The Bertz CT molecular complexity index is 426. The Morgan fingerprint density at radius 3 is 2.80 bits per heavy atom. The molecule has 1 atom stereocenters. The van der Waals surface area contributed by atoms with E-state index in [1.54, 1.807) is 0 Å². The normalized spacial score (nSPS) is 13.7. The van der Waals surface area contributed by atoms with E-state index in [9.17, 15) is 13.2 Å². The van der Waals surface area contributed by atoms with Gasteiger partial charge in [0.15, 0.2) is 11.1 Å². The molecule has 0 saturated heterocycles. The van der Waals surface area contributed by atoms with Crippen molar-refractivity contribution in [3.05, 3.63) is 12.5 Å². The van der Waals surface area contributed by atoms with Gasteiger partial charge in [0.05, 0.1) is 12.5 Å². The van der Waals surface area contributed by atoms with Gasteiger partial charge in [-0.2, -0.15) is 0 Å². The van der Waals surface area contributed by atoms with Crippen molar-refractivity contribution in [2.24, 2.45) is 0 Å². The average Bonchev–Trinajstić information content (AvgIpc) is 2.67. The van der Waals surface area contributed by atoms with Crippen LogP contribution in [-0.4, -0.2) is 47.2 Å². The van der Waals surface area contributed by atoms with Crippen LogP contribution in [0.4, 0.5) is 0 Å². The highest BCUT2D eigenvalue weighted by atomic mass is 32.2. The highest BCUT2D eigenvalue weighted by Gasteiger charge is 2.20. The number of hydrogen-bond acceptors (Lipinski definition) is 5. The molecule has 1 unspecified atom stereocenters. The Hall–Kier alpha value is -1.45. The van der Waals surface area contributed by atoms with Gasteiger partial charge < -0.3 is 15.2 Å². The second kappa shape index (κ2) is 4.38. The summed E-state index contributed by atoms with van der Waals surface area (Å²) >= 11 is 0. The zero-order valence-electron chi connectivity index (χ0n) is 7.41. The topological polar surface area (TPSA) is 132 Å². The number of carbonyl (C=O) groups is 1. The Balaban J connectivity index is 2.63. The Morgan fingerprint density at radius 2 is 2.33 bits per heavy atom. The van der Waals surface area contributed by atoms with Crippen LogP contribution < -0.4 is 4.72 Å². The number of imidazole rings is 1. The van der Waals surface area contributed by atoms with Gasteiger partial charge in [0.2, 0.25) is 0 Å². The number of aromatic nitrogens is 2. The maximum atomic E-state index is 11.3. The molecule has 0 aromatic carbocycles. The smallest absolute Gasteiger partial charge is 0.333 e. The van der Waals surface area contributed by atoms with E-state index < -0.39 is 28.6 Å². The second-order valence-electron chi connectivity index (χ2n) is 2.62. The van der Waals surface area contributed by atoms with Crippen molar-refractivity contribution in [2.75, 3.05) is 6.54 Å². The molecule has 0 amide bonds. The van der Waals surface area contributed by atoms with Gasteiger partial charge in [-0.1, -0.05) is 0 Å². The molecule has 15 heavy (non-hydrogen) atoms. The van der Waals surface area contributed by atoms with Gasteiger partial charge in [-0.05, 0) is 0 Å². The van der Waals surface area contributed by atoms with Crippen molar-refractivity contribution in [1.82, 2.24) is 14.7 Å². The number of sulfonamides is 1. The van der Waals surface area contributed by atoms with Gasteiger partial charge in [-0.3, -0.25) is 0 Å². The monoisotopic (exact) mass is 235 g/mol. The van der Waals surface area contributed by atoms with E-state index in [1.807, 2.05) is 4.72 Å². The lowest BCUT2D eigenvalue weighted by Gasteiger charge is -2.06. The van der Waals surface area contributed by atoms with Crippen molar-refractivity contribution >= 4 is 16.0 Å². The first-order valence-electron chi connectivity index (χ1n) is 3.82. The minimum atomic E-state index is -3.84. The van der Waals surface area contributed by atoms with Crippen LogP contribution in [0.25, 0.3) is 0 Å². The maximum Gasteiger partial charge on any atom is 0.333 e. The summed E-state index contributed by atoms with van der Waals surface area (Å²) in [6.45, 7) is -0.601. The van der Waals surface area contributed by atoms with Crippen molar-refractivity contribution in [2.45, 2.75) is 11.1 Å². The molecule has 0 radical (unpaired) electrons. The van der Waals surface area contributed by atoms with Gasteiger partial charge in [0.25, 0.3) is 10.0 Å². The van der Waals surface area contributed by atoms with E-state index >= 15 is 0 Å². The summed E-state index contributed by atoms with van der Waals surface area (Å²) in [5, 5.41) is 16.9. The standard InChI is InChI=1S/C6H9N3O5S/c10-4(6(11)12)1-9-15(13,14)5-2-7-3-8-5/h2-4,9-10H,1H2,(H,7,8)(H,11,12). The van der Waals surface area contributed by atoms with E-state index in [2.05, 4.69) is 9.97 Å². The second-order valence-corrected chi connectivity index (χ2v) is 4.36. The molecule has 0 fully saturated rings. The Labute approximate surface area is 85.0 Å². The summed E-state index contributed by atoms with van der Waals surface area (Å²) in [6, 6.07) is 0. The first-order valence-corrected chi connectivity index (χ1v) is 5.30. The Morgan fingerprint density at radius 1 is 1.67 bits per heavy atom. The molecular formula is C6H9N3O5S. The van der Waals surface area contributed by atoms with Gasteiger partial charge in [0.1, 0.15) is 0 Å². The van der Waals surface area contributed by atoms with Gasteiger partial charge in [-0.15, -0.1) is 0 Å². The molecule has 0 spiro atoms. The largest absolute Gasteiger partial charge is 0.479 e. The zero-order chi connectivity index (χ0) is 11.5. The third kappa shape index (κ3) is 3.01. The van der Waals surface area contributed by atoms with Crippen LogP contribution in [-0.2, 0) is 14.8 Å². The summed E-state index contributed by atoms with van der Waals surface area (Å²) in [6.07, 6.45) is 0.459. The molecule has 0 aliphatic carbocycles. The number of carboxylic acids is 1. The number of aliphatic carboxylic acids is 1. The molecule has 1 aromatic heterocycles. The summed E-state index contributed by atoms with van der Waals surface area (Å²) in [7, 11) is -3.84. The molecule has 1 aromatic rings. The average molecular weight is 235 g/mol. The fourth-order valence-electron chi connectivity index (χ4n) is 0.744. The van der Waals surface area contributed by atoms with Crippen LogP contribution in [0.15, 0.2) is 17.6 Å². The van der Waals surface area contributed by atoms with E-state index in [1.165, 1.54) is 6.33 Å². The van der Waals surface area contributed by atoms with Crippen LogP contribution in [0.2, 0.25) is 0 Å². The minimum Gasteiger partial charge on any atom is -0.479 e. The molecule has 1 heterocycles. The number of rotatable bonds is 5. The Kier molecular flexibility index (Phi) is 3.39. The van der Waals surface area contributed by atoms with Gasteiger partial charge >= 0.3 is 5.97 Å². The third-order valence-corrected chi connectivity index (χ3v) is 2.86. The molecule has 9 heteroatoms. The molecular weight excluding hydrogens is 226 g/mol. The van der Waals surface area contributed by atoms with Crippen molar-refractivity contribution in [3.63, 3.8) is 0 Å². The van der Waals surface area contributed by atoms with Crippen LogP contribution in [0.1, 0.15) is 0 Å². The fraction of sp³-hybridized carbons (Fsp3) is 0.333. The highest BCUT2D eigenvalue weighted by Crippen LogP contribution is 2.01. The molecule has 0 saturated carbocycles. The van der Waals surface area contributed by atoms with Crippen LogP contribution in [0.5, 0.6) is 0 Å². The lowest BCUT2D eigenvalue weighted by atomic mass is 10.4. The van der Waals surface area contributed by atoms with E-state index in [-0.39, 0.29) is 5.03 Å². The zero-order valence-corrected chi connectivity index (χ0v) is 8.23. The summed E-state index contributed by atoms with van der Waals surface area (Å²) in [5.74, 6) is -1.50. The lowest BCUT2D eigenvalue weighted by molar-refractivity contribution is -0.146. The summed E-state index contributed by atoms with van der Waals surface area (Å²) in [5.41, 5.74) is 0. The summed E-state index contributed by atoms with van der Waals surface area (Å²) in [4.78, 5) is 16.0. The number of aromatic amines is 1. The minimum absolute atomic E-state index is 0.194. The first-order chi connectivity index (χ1) is 6.93. The van der Waals surface area contributed by atoms with Gasteiger partial charge in [0, 0.05) is 6.54 Å². The molecule has 0 bridgehead atoms. The van der Waals surface area contributed by atoms with Crippen LogP contribution in [0, 0.1) is 0 Å². The first kappa shape index (κ1) is 11.6. The molecule has 0 aliphatic rings. The van der Waals surface area contributed by atoms with E-state index in [4.69, 9.17) is 10.2 Å². The number of H-pyrrole nitrogens is 1. The third-order valence-electron chi connectivity index (χ3n) is 1.51. The van der Waals surface area contributed by atoms with Crippen LogP contribution >= 0.6 is 0 Å². The van der Waals surface area contributed by atoms with E-state index in [0.717, 1.165) is 6.20 Å². The lowest BCUT2D eigenvalue weighted by Crippen LogP contribution is -2.36. The number of carboxylic acid groups (broad SMARTS) is 1. The molecule has 4 N–H and O–H groups in total.